The number of ether oxygens (including phenoxy) is 1. The van der Waals surface area contributed by atoms with Crippen LogP contribution in [-0.4, -0.2) is 43.8 Å². The molecular formula is C17H23N3O2. The molecule has 0 aliphatic carbocycles. The molecule has 0 saturated carbocycles. The monoisotopic (exact) mass is 301 g/mol. The molecule has 1 aliphatic heterocycles. The van der Waals surface area contributed by atoms with Gasteiger partial charge in [-0.2, -0.15) is 5.26 Å². The lowest BCUT2D eigenvalue weighted by atomic mass is 10.2. The summed E-state index contributed by atoms with van der Waals surface area (Å²) in [5.74, 6) is 0.353. The van der Waals surface area contributed by atoms with Gasteiger partial charge in [-0.3, -0.25) is 0 Å². The number of nitrogens with zero attached hydrogens (tertiary/aromatic N) is 3. The number of carbonyl (C=O) groups is 1. The van der Waals surface area contributed by atoms with E-state index < -0.39 is 0 Å². The lowest BCUT2D eigenvalue weighted by Gasteiger charge is -2.23. The van der Waals surface area contributed by atoms with E-state index in [1.807, 2.05) is 38.1 Å². The van der Waals surface area contributed by atoms with Gasteiger partial charge in [0.1, 0.15) is 0 Å². The summed E-state index contributed by atoms with van der Waals surface area (Å²) >= 11 is 0. The van der Waals surface area contributed by atoms with Crippen molar-refractivity contribution in [2.45, 2.75) is 20.3 Å². The molecule has 0 unspecified atom stereocenters. The average molecular weight is 301 g/mol. The van der Waals surface area contributed by atoms with E-state index in [1.54, 1.807) is 4.90 Å². The van der Waals surface area contributed by atoms with E-state index in [-0.39, 0.29) is 6.09 Å². The maximum Gasteiger partial charge on any atom is 0.409 e. The molecule has 1 heterocycles. The van der Waals surface area contributed by atoms with Gasteiger partial charge in [-0.1, -0.05) is 13.8 Å². The fourth-order valence-electron chi connectivity index (χ4n) is 2.43. The van der Waals surface area contributed by atoms with Crippen molar-refractivity contribution in [1.82, 2.24) is 4.90 Å². The maximum atomic E-state index is 12.0. The minimum Gasteiger partial charge on any atom is -0.449 e. The predicted octanol–water partition coefficient (Wildman–Crippen LogP) is 2.86. The molecule has 0 spiro atoms. The van der Waals surface area contributed by atoms with E-state index >= 15 is 0 Å². The quantitative estimate of drug-likeness (QED) is 0.861. The van der Waals surface area contributed by atoms with Crippen LogP contribution in [0.4, 0.5) is 10.5 Å². The number of amides is 1. The standard InChI is InChI=1S/C17H23N3O2/c1-14(2)13-22-17(21)20-9-3-8-19(10-11-20)16-6-4-15(12-18)5-7-16/h4-7,14H,3,8-11,13H2,1-2H3. The van der Waals surface area contributed by atoms with Crippen molar-refractivity contribution < 1.29 is 9.53 Å². The smallest absolute Gasteiger partial charge is 0.409 e. The molecule has 1 aromatic rings. The van der Waals surface area contributed by atoms with Crippen LogP contribution in [0.3, 0.4) is 0 Å². The average Bonchev–Trinajstić information content (AvgIpc) is 2.78. The van der Waals surface area contributed by atoms with E-state index in [0.29, 0.717) is 24.6 Å². The van der Waals surface area contributed by atoms with Crippen LogP contribution in [0, 0.1) is 17.2 Å². The lowest BCUT2D eigenvalue weighted by molar-refractivity contribution is 0.0943. The van der Waals surface area contributed by atoms with Crippen LogP contribution in [0.1, 0.15) is 25.8 Å². The number of carbonyl (C=O) groups excluding carboxylic acids is 1. The normalized spacial score (nSPS) is 15.4. The molecule has 1 aromatic carbocycles. The van der Waals surface area contributed by atoms with Crippen molar-refractivity contribution in [2.75, 3.05) is 37.7 Å². The first-order chi connectivity index (χ1) is 10.6. The predicted molar refractivity (Wildman–Crippen MR) is 85.7 cm³/mol. The highest BCUT2D eigenvalue weighted by Gasteiger charge is 2.20. The highest BCUT2D eigenvalue weighted by molar-refractivity contribution is 5.67. The zero-order valence-corrected chi connectivity index (χ0v) is 13.3. The number of hydrogen-bond acceptors (Lipinski definition) is 4. The first-order valence-electron chi connectivity index (χ1n) is 7.77. The van der Waals surface area contributed by atoms with Gasteiger partial charge in [0, 0.05) is 31.9 Å². The highest BCUT2D eigenvalue weighted by Crippen LogP contribution is 2.17. The van der Waals surface area contributed by atoms with Gasteiger partial charge >= 0.3 is 6.09 Å². The minimum absolute atomic E-state index is 0.213. The van der Waals surface area contributed by atoms with Crippen molar-refractivity contribution >= 4 is 11.8 Å². The molecule has 0 atom stereocenters. The molecule has 1 fully saturated rings. The second-order valence-electron chi connectivity index (χ2n) is 5.96. The third-order valence-corrected chi connectivity index (χ3v) is 3.66. The lowest BCUT2D eigenvalue weighted by Crippen LogP contribution is -2.36. The fraction of sp³-hybridized carbons (Fsp3) is 0.529. The summed E-state index contributed by atoms with van der Waals surface area (Å²) in [5, 5.41) is 8.85. The fourth-order valence-corrected chi connectivity index (χ4v) is 2.43. The van der Waals surface area contributed by atoms with Crippen LogP contribution in [0.2, 0.25) is 0 Å². The number of benzene rings is 1. The third-order valence-electron chi connectivity index (χ3n) is 3.66. The van der Waals surface area contributed by atoms with Crippen LogP contribution in [-0.2, 0) is 4.74 Å². The van der Waals surface area contributed by atoms with E-state index in [4.69, 9.17) is 10.00 Å². The minimum atomic E-state index is -0.213. The Balaban J connectivity index is 1.91. The SMILES string of the molecule is CC(C)COC(=O)N1CCCN(c2ccc(C#N)cc2)CC1. The molecule has 5 heteroatoms. The summed E-state index contributed by atoms with van der Waals surface area (Å²) in [5.41, 5.74) is 1.76. The molecule has 1 aliphatic rings. The van der Waals surface area contributed by atoms with Gasteiger partial charge < -0.3 is 14.5 Å². The van der Waals surface area contributed by atoms with Crippen molar-refractivity contribution in [3.05, 3.63) is 29.8 Å². The summed E-state index contributed by atoms with van der Waals surface area (Å²) in [6, 6.07) is 9.71. The van der Waals surface area contributed by atoms with Crippen LogP contribution in [0.5, 0.6) is 0 Å². The first kappa shape index (κ1) is 16.2. The third kappa shape index (κ3) is 4.39. The zero-order valence-electron chi connectivity index (χ0n) is 13.3. The van der Waals surface area contributed by atoms with Gasteiger partial charge in [0.2, 0.25) is 0 Å². The van der Waals surface area contributed by atoms with Gasteiger partial charge in [-0.05, 0) is 36.6 Å². The Morgan fingerprint density at radius 3 is 2.59 bits per heavy atom. The molecule has 0 aromatic heterocycles. The van der Waals surface area contributed by atoms with Gasteiger partial charge in [-0.15, -0.1) is 0 Å². The van der Waals surface area contributed by atoms with Gasteiger partial charge in [-0.25, -0.2) is 4.79 Å². The van der Waals surface area contributed by atoms with Gasteiger partial charge in [0.15, 0.2) is 0 Å². The number of rotatable bonds is 3. The molecule has 1 saturated heterocycles. The molecule has 1 amide bonds. The zero-order chi connectivity index (χ0) is 15.9. The number of hydrogen-bond donors (Lipinski definition) is 0. The van der Waals surface area contributed by atoms with Crippen molar-refractivity contribution in [2.24, 2.45) is 5.92 Å². The maximum absolute atomic E-state index is 12.0. The molecule has 0 bridgehead atoms. The Labute approximate surface area is 132 Å². The topological polar surface area (TPSA) is 56.6 Å². The highest BCUT2D eigenvalue weighted by atomic mass is 16.6. The Bertz CT molecular complexity index is 534. The molecule has 2 rings (SSSR count). The Hall–Kier alpha value is -2.22. The second kappa shape index (κ2) is 7.69. The van der Waals surface area contributed by atoms with E-state index in [9.17, 15) is 4.79 Å². The van der Waals surface area contributed by atoms with Crippen molar-refractivity contribution in [3.8, 4) is 6.07 Å². The molecule has 22 heavy (non-hydrogen) atoms. The molecule has 118 valence electrons. The second-order valence-corrected chi connectivity index (χ2v) is 5.96. The number of nitriles is 1. The molecule has 0 N–H and O–H groups in total. The van der Waals surface area contributed by atoms with Crippen LogP contribution < -0.4 is 4.90 Å². The molecular weight excluding hydrogens is 278 g/mol. The molecule has 0 radical (unpaired) electrons. The van der Waals surface area contributed by atoms with Crippen LogP contribution in [0.15, 0.2) is 24.3 Å². The first-order valence-corrected chi connectivity index (χ1v) is 7.77. The summed E-state index contributed by atoms with van der Waals surface area (Å²) in [4.78, 5) is 16.1. The van der Waals surface area contributed by atoms with E-state index in [2.05, 4.69) is 11.0 Å². The Morgan fingerprint density at radius 1 is 1.23 bits per heavy atom. The van der Waals surface area contributed by atoms with Gasteiger partial charge in [0.25, 0.3) is 0 Å². The van der Waals surface area contributed by atoms with E-state index in [0.717, 1.165) is 31.7 Å². The van der Waals surface area contributed by atoms with Crippen molar-refractivity contribution in [1.29, 1.82) is 5.26 Å². The number of anilines is 1. The van der Waals surface area contributed by atoms with E-state index in [1.165, 1.54) is 0 Å². The summed E-state index contributed by atoms with van der Waals surface area (Å²) in [6.07, 6.45) is 0.701. The van der Waals surface area contributed by atoms with Crippen LogP contribution in [0.25, 0.3) is 0 Å². The Kier molecular flexibility index (Phi) is 5.65. The summed E-state index contributed by atoms with van der Waals surface area (Å²) in [6.45, 7) is 7.60. The summed E-state index contributed by atoms with van der Waals surface area (Å²) in [7, 11) is 0. The van der Waals surface area contributed by atoms with Gasteiger partial charge in [0.05, 0.1) is 18.2 Å². The Morgan fingerprint density at radius 2 is 1.95 bits per heavy atom. The van der Waals surface area contributed by atoms with Crippen molar-refractivity contribution in [3.63, 3.8) is 0 Å². The molecule has 5 nitrogen and oxygen atoms in total. The summed E-state index contributed by atoms with van der Waals surface area (Å²) < 4.78 is 5.30. The largest absolute Gasteiger partial charge is 0.449 e. The van der Waals surface area contributed by atoms with Crippen LogP contribution >= 0.6 is 0 Å².